The summed E-state index contributed by atoms with van der Waals surface area (Å²) in [6.07, 6.45) is 0. The van der Waals surface area contributed by atoms with Crippen LogP contribution in [0.4, 0.5) is 0 Å². The predicted octanol–water partition coefficient (Wildman–Crippen LogP) is 7.17. The molecule has 2 heterocycles. The summed E-state index contributed by atoms with van der Waals surface area (Å²) in [4.78, 5) is 7.38. The molecule has 0 aliphatic rings. The van der Waals surface area contributed by atoms with Crippen molar-refractivity contribution in [1.29, 1.82) is 0 Å². The van der Waals surface area contributed by atoms with E-state index in [0.717, 1.165) is 10.5 Å². The fourth-order valence-electron chi connectivity index (χ4n) is 3.89. The summed E-state index contributed by atoms with van der Waals surface area (Å²) in [5, 5.41) is 1.22. The zero-order valence-corrected chi connectivity index (χ0v) is 16.8. The third kappa shape index (κ3) is 3.06. The van der Waals surface area contributed by atoms with Crippen LogP contribution in [0.15, 0.2) is 48.5 Å². The van der Waals surface area contributed by atoms with E-state index in [1.165, 1.54) is 49.2 Å². The number of aryl methyl sites for hydroxylation is 5. The van der Waals surface area contributed by atoms with Gasteiger partial charge in [0.2, 0.25) is 0 Å². The molecule has 2 aromatic carbocycles. The van der Waals surface area contributed by atoms with Crippen LogP contribution in [0.25, 0.3) is 31.9 Å². The number of fused-ring (bicyclic) bond motifs is 1. The monoisotopic (exact) mass is 357 g/mol. The molecule has 0 aliphatic heterocycles. The molecule has 0 spiro atoms. The van der Waals surface area contributed by atoms with Gasteiger partial charge in [-0.3, -0.25) is 0 Å². The summed E-state index contributed by atoms with van der Waals surface area (Å²) in [5.74, 6) is 0. The lowest BCUT2D eigenvalue weighted by molar-refractivity contribution is 1.33. The zero-order valence-electron chi connectivity index (χ0n) is 16.0. The Bertz CT molecular complexity index is 1090. The van der Waals surface area contributed by atoms with Crippen LogP contribution in [-0.2, 0) is 0 Å². The molecule has 26 heavy (non-hydrogen) atoms. The number of hydrogen-bond acceptors (Lipinski definition) is 2. The van der Waals surface area contributed by atoms with Gasteiger partial charge in [0, 0.05) is 15.8 Å². The smallest absolute Gasteiger partial charge is 0.124 e. The van der Waals surface area contributed by atoms with Crippen molar-refractivity contribution in [3.8, 4) is 21.7 Å². The van der Waals surface area contributed by atoms with E-state index >= 15 is 0 Å². The molecular formula is C24H23NS. The Labute approximate surface area is 159 Å². The second kappa shape index (κ2) is 6.37. The maximum Gasteiger partial charge on any atom is 0.124 e. The van der Waals surface area contributed by atoms with Crippen molar-refractivity contribution in [3.05, 3.63) is 76.3 Å². The van der Waals surface area contributed by atoms with Crippen LogP contribution >= 0.6 is 11.3 Å². The summed E-state index contributed by atoms with van der Waals surface area (Å²) in [6, 6.07) is 17.8. The molecule has 2 heteroatoms. The van der Waals surface area contributed by atoms with Gasteiger partial charge in [-0.05, 0) is 81.6 Å². The minimum Gasteiger partial charge on any atom is -0.237 e. The Balaban J connectivity index is 1.84. The number of nitrogens with zero attached hydrogens (tertiary/aromatic N) is 1. The summed E-state index contributed by atoms with van der Waals surface area (Å²) >= 11 is 1.79. The molecule has 0 saturated heterocycles. The fourth-order valence-corrected chi connectivity index (χ4v) is 5.10. The van der Waals surface area contributed by atoms with E-state index in [4.69, 9.17) is 4.98 Å². The van der Waals surface area contributed by atoms with Crippen LogP contribution in [-0.4, -0.2) is 4.98 Å². The number of benzene rings is 2. The van der Waals surface area contributed by atoms with Gasteiger partial charge in [0.15, 0.2) is 0 Å². The van der Waals surface area contributed by atoms with Gasteiger partial charge in [-0.2, -0.15) is 0 Å². The minimum atomic E-state index is 1.05. The summed E-state index contributed by atoms with van der Waals surface area (Å²) < 4.78 is 0. The van der Waals surface area contributed by atoms with E-state index in [1.807, 2.05) is 0 Å². The first-order valence-electron chi connectivity index (χ1n) is 8.98. The SMILES string of the molecule is Cc1cc(C)cc(-c2ccc3cc(-c4c(C)cc(C)cc4C)sc3n2)c1. The topological polar surface area (TPSA) is 12.9 Å². The molecule has 130 valence electrons. The van der Waals surface area contributed by atoms with E-state index < -0.39 is 0 Å². The third-order valence-electron chi connectivity index (χ3n) is 4.82. The van der Waals surface area contributed by atoms with Gasteiger partial charge in [-0.1, -0.05) is 34.9 Å². The molecule has 0 bridgehead atoms. The molecule has 2 aromatic heterocycles. The van der Waals surface area contributed by atoms with E-state index in [1.54, 1.807) is 11.3 Å². The Hall–Kier alpha value is -2.45. The second-order valence-electron chi connectivity index (χ2n) is 7.35. The standard InChI is InChI=1S/C24H23NS/c1-14-8-15(2)12-20(11-14)21-7-6-19-13-22(26-24(19)25-21)23-17(4)9-16(3)10-18(23)5/h6-13H,1-5H3. The van der Waals surface area contributed by atoms with Crippen LogP contribution in [0.3, 0.4) is 0 Å². The molecule has 0 unspecified atom stereocenters. The Morgan fingerprint density at radius 3 is 1.96 bits per heavy atom. The van der Waals surface area contributed by atoms with Crippen molar-refractivity contribution < 1.29 is 0 Å². The highest BCUT2D eigenvalue weighted by atomic mass is 32.1. The lowest BCUT2D eigenvalue weighted by Gasteiger charge is -2.09. The first-order valence-corrected chi connectivity index (χ1v) is 9.80. The first kappa shape index (κ1) is 17.0. The van der Waals surface area contributed by atoms with Crippen molar-refractivity contribution in [1.82, 2.24) is 4.98 Å². The number of rotatable bonds is 2. The largest absolute Gasteiger partial charge is 0.237 e. The minimum absolute atomic E-state index is 1.05. The number of thiophene rings is 1. The van der Waals surface area contributed by atoms with Gasteiger partial charge in [0.05, 0.1) is 5.69 Å². The summed E-state index contributed by atoms with van der Waals surface area (Å²) in [6.45, 7) is 10.8. The predicted molar refractivity (Wildman–Crippen MR) is 114 cm³/mol. The van der Waals surface area contributed by atoms with Crippen LogP contribution in [0.1, 0.15) is 27.8 Å². The quantitative estimate of drug-likeness (QED) is 0.370. The average Bonchev–Trinajstić information content (AvgIpc) is 2.95. The van der Waals surface area contributed by atoms with Crippen LogP contribution in [0, 0.1) is 34.6 Å². The molecular weight excluding hydrogens is 334 g/mol. The lowest BCUT2D eigenvalue weighted by Crippen LogP contribution is -1.87. The fraction of sp³-hybridized carbons (Fsp3) is 0.208. The molecule has 0 saturated carbocycles. The number of aromatic nitrogens is 1. The average molecular weight is 358 g/mol. The zero-order chi connectivity index (χ0) is 18.4. The highest BCUT2D eigenvalue weighted by Gasteiger charge is 2.12. The Kier molecular flexibility index (Phi) is 4.16. The molecule has 4 rings (SSSR count). The maximum absolute atomic E-state index is 4.97. The van der Waals surface area contributed by atoms with Gasteiger partial charge < -0.3 is 0 Å². The molecule has 0 aliphatic carbocycles. The summed E-state index contributed by atoms with van der Waals surface area (Å²) in [5.41, 5.74) is 10.1. The van der Waals surface area contributed by atoms with Crippen molar-refractivity contribution in [3.63, 3.8) is 0 Å². The van der Waals surface area contributed by atoms with Crippen molar-refractivity contribution in [2.75, 3.05) is 0 Å². The number of hydrogen-bond donors (Lipinski definition) is 0. The molecule has 0 N–H and O–H groups in total. The van der Waals surface area contributed by atoms with Gasteiger partial charge in [-0.15, -0.1) is 11.3 Å². The second-order valence-corrected chi connectivity index (χ2v) is 8.38. The normalized spacial score (nSPS) is 11.3. The molecule has 4 aromatic rings. The van der Waals surface area contributed by atoms with Crippen molar-refractivity contribution in [2.45, 2.75) is 34.6 Å². The number of pyridine rings is 1. The van der Waals surface area contributed by atoms with E-state index in [0.29, 0.717) is 0 Å². The van der Waals surface area contributed by atoms with E-state index in [9.17, 15) is 0 Å². The molecule has 0 radical (unpaired) electrons. The molecule has 0 amide bonds. The van der Waals surface area contributed by atoms with Crippen LogP contribution in [0.5, 0.6) is 0 Å². The summed E-state index contributed by atoms with van der Waals surface area (Å²) in [7, 11) is 0. The highest BCUT2D eigenvalue weighted by molar-refractivity contribution is 7.21. The van der Waals surface area contributed by atoms with Crippen LogP contribution in [0.2, 0.25) is 0 Å². The Morgan fingerprint density at radius 1 is 0.692 bits per heavy atom. The maximum atomic E-state index is 4.97. The van der Waals surface area contributed by atoms with E-state index in [2.05, 4.69) is 83.1 Å². The van der Waals surface area contributed by atoms with Gasteiger partial charge in [0.1, 0.15) is 4.83 Å². The lowest BCUT2D eigenvalue weighted by atomic mass is 9.98. The van der Waals surface area contributed by atoms with Crippen molar-refractivity contribution >= 4 is 21.6 Å². The van der Waals surface area contributed by atoms with Gasteiger partial charge in [-0.25, -0.2) is 4.98 Å². The first-order chi connectivity index (χ1) is 12.4. The van der Waals surface area contributed by atoms with Crippen molar-refractivity contribution in [2.24, 2.45) is 0 Å². The highest BCUT2D eigenvalue weighted by Crippen LogP contribution is 2.37. The molecule has 0 fully saturated rings. The molecule has 1 nitrogen and oxygen atoms in total. The molecule has 0 atom stereocenters. The third-order valence-corrected chi connectivity index (χ3v) is 5.89. The van der Waals surface area contributed by atoms with Gasteiger partial charge >= 0.3 is 0 Å². The van der Waals surface area contributed by atoms with Gasteiger partial charge in [0.25, 0.3) is 0 Å². The van der Waals surface area contributed by atoms with E-state index in [-0.39, 0.29) is 0 Å². The van der Waals surface area contributed by atoms with Crippen LogP contribution < -0.4 is 0 Å². The Morgan fingerprint density at radius 2 is 1.31 bits per heavy atom.